The summed E-state index contributed by atoms with van der Waals surface area (Å²) in [5.41, 5.74) is 12.1. The smallest absolute Gasteiger partial charge is 0.343 e. The Kier molecular flexibility index (Phi) is 5.07. The van der Waals surface area contributed by atoms with E-state index in [2.05, 4.69) is 14.9 Å². The molecule has 0 aromatic heterocycles. The highest BCUT2D eigenvalue weighted by Crippen LogP contribution is 2.59. The third kappa shape index (κ3) is 2.93. The number of carbonyl (C=O) groups is 1. The second kappa shape index (κ2) is 7.95. The molecule has 0 fully saturated rings. The van der Waals surface area contributed by atoms with Gasteiger partial charge in [-0.15, -0.1) is 0 Å². The summed E-state index contributed by atoms with van der Waals surface area (Å²) in [5.74, 6) is 1.47. The summed E-state index contributed by atoms with van der Waals surface area (Å²) in [6, 6.07) is 3.12. The average Bonchev–Trinajstić information content (AvgIpc) is 3.43. The van der Waals surface area contributed by atoms with Crippen LogP contribution in [0.4, 0.5) is 5.69 Å². The van der Waals surface area contributed by atoms with E-state index in [0.29, 0.717) is 58.5 Å². The van der Waals surface area contributed by atoms with Gasteiger partial charge in [-0.05, 0) is 30.6 Å². The Morgan fingerprint density at radius 1 is 1.12 bits per heavy atom. The summed E-state index contributed by atoms with van der Waals surface area (Å²) in [5, 5.41) is 3.92. The molecule has 172 valence electrons. The molecule has 3 aliphatic rings. The van der Waals surface area contributed by atoms with E-state index in [1.165, 1.54) is 14.2 Å². The van der Waals surface area contributed by atoms with Gasteiger partial charge in [-0.25, -0.2) is 4.79 Å². The fourth-order valence-corrected chi connectivity index (χ4v) is 4.96. The molecule has 0 radical (unpaired) electrons. The zero-order valence-corrected chi connectivity index (χ0v) is 18.6. The Hall–Kier alpha value is -3.82. The van der Waals surface area contributed by atoms with E-state index in [1.54, 1.807) is 13.2 Å². The van der Waals surface area contributed by atoms with Crippen molar-refractivity contribution in [1.29, 1.82) is 0 Å². The van der Waals surface area contributed by atoms with Gasteiger partial charge in [-0.2, -0.15) is 0 Å². The van der Waals surface area contributed by atoms with E-state index < -0.39 is 18.1 Å². The van der Waals surface area contributed by atoms with Crippen LogP contribution < -0.4 is 23.7 Å². The van der Waals surface area contributed by atoms with Crippen molar-refractivity contribution in [2.45, 2.75) is 18.6 Å². The number of cyclic esters (lactones) is 1. The predicted octanol–water partition coefficient (Wildman–Crippen LogP) is 3.82. The lowest BCUT2D eigenvalue weighted by molar-refractivity contribution is 0.00878. The van der Waals surface area contributed by atoms with Crippen molar-refractivity contribution < 1.29 is 33.2 Å². The molecule has 5 rings (SSSR count). The number of methoxy groups -OCH3 is 3. The van der Waals surface area contributed by atoms with Crippen LogP contribution in [0, 0.1) is 0 Å². The lowest BCUT2D eigenvalue weighted by Crippen LogP contribution is -2.36. The molecule has 0 spiro atoms. The quantitative estimate of drug-likeness (QED) is 0.289. The van der Waals surface area contributed by atoms with Crippen molar-refractivity contribution in [3.05, 3.63) is 44.8 Å². The Morgan fingerprint density at radius 2 is 1.88 bits per heavy atom. The van der Waals surface area contributed by atoms with Gasteiger partial charge in [-0.1, -0.05) is 11.2 Å². The maximum Gasteiger partial charge on any atom is 0.343 e. The van der Waals surface area contributed by atoms with Gasteiger partial charge in [0.2, 0.25) is 12.5 Å². The highest BCUT2D eigenvalue weighted by molar-refractivity contribution is 5.98. The van der Waals surface area contributed by atoms with Crippen molar-refractivity contribution in [2.24, 2.45) is 5.11 Å². The number of nitrogens with zero attached hydrogens (tertiary/aromatic N) is 4. The van der Waals surface area contributed by atoms with Gasteiger partial charge in [-0.3, -0.25) is 4.90 Å². The topological polar surface area (TPSA) is 124 Å². The highest BCUT2D eigenvalue weighted by atomic mass is 16.7. The van der Waals surface area contributed by atoms with Crippen LogP contribution in [0.25, 0.3) is 10.4 Å². The fourth-order valence-electron chi connectivity index (χ4n) is 4.96. The molecule has 11 heteroatoms. The molecule has 11 nitrogen and oxygen atoms in total. The highest BCUT2D eigenvalue weighted by Gasteiger charge is 2.47. The van der Waals surface area contributed by atoms with E-state index in [-0.39, 0.29) is 6.79 Å². The van der Waals surface area contributed by atoms with E-state index in [1.807, 2.05) is 13.1 Å². The monoisotopic (exact) mass is 454 g/mol. The first-order valence-electron chi connectivity index (χ1n) is 10.3. The van der Waals surface area contributed by atoms with Crippen LogP contribution in [0.5, 0.6) is 28.7 Å². The van der Waals surface area contributed by atoms with E-state index in [4.69, 9.17) is 28.4 Å². The molecule has 0 aliphatic carbocycles. The van der Waals surface area contributed by atoms with Gasteiger partial charge in [0.15, 0.2) is 23.0 Å². The maximum absolute atomic E-state index is 13.0. The summed E-state index contributed by atoms with van der Waals surface area (Å²) in [6.07, 6.45) is -0.0760. The first kappa shape index (κ1) is 21.0. The standard InChI is InChI=1S/C22H22N4O7/c1-26-8-7-10-13(19(30-4)21-20(31-9-32-21)15(10)24-25-23)16(26)17-11-5-6-12(28-2)18(29-3)14(11)22(27)33-17/h5-6,16-17H,7-9H2,1-4H3/t16?,17-/m0/s1. The number of hydrogen-bond donors (Lipinski definition) is 0. The van der Waals surface area contributed by atoms with Gasteiger partial charge < -0.3 is 28.4 Å². The minimum Gasteiger partial charge on any atom is -0.493 e. The number of likely N-dealkylation sites (N-methyl/N-ethyl adjacent to an activating group) is 1. The third-order valence-electron chi connectivity index (χ3n) is 6.33. The first-order valence-corrected chi connectivity index (χ1v) is 10.3. The molecular formula is C22H22N4O7. The van der Waals surface area contributed by atoms with E-state index in [9.17, 15) is 10.3 Å². The molecule has 33 heavy (non-hydrogen) atoms. The molecule has 3 heterocycles. The molecule has 0 saturated carbocycles. The number of carbonyl (C=O) groups excluding carboxylic acids is 1. The Balaban J connectivity index is 1.75. The fraction of sp³-hybridized carbons (Fsp3) is 0.409. The van der Waals surface area contributed by atoms with E-state index in [0.717, 1.165) is 11.1 Å². The van der Waals surface area contributed by atoms with Gasteiger partial charge in [0.05, 0.1) is 33.1 Å². The lowest BCUT2D eigenvalue weighted by atomic mass is 9.84. The largest absolute Gasteiger partial charge is 0.493 e. The molecule has 1 unspecified atom stereocenters. The molecular weight excluding hydrogens is 432 g/mol. The summed E-state index contributed by atoms with van der Waals surface area (Å²) in [4.78, 5) is 18.1. The van der Waals surface area contributed by atoms with Crippen LogP contribution in [0.2, 0.25) is 0 Å². The predicted molar refractivity (Wildman–Crippen MR) is 115 cm³/mol. The van der Waals surface area contributed by atoms with Crippen LogP contribution in [-0.2, 0) is 11.2 Å². The minimum atomic E-state index is -0.662. The molecule has 0 saturated heterocycles. The summed E-state index contributed by atoms with van der Waals surface area (Å²) >= 11 is 0. The van der Waals surface area contributed by atoms with Crippen LogP contribution >= 0.6 is 0 Å². The zero-order chi connectivity index (χ0) is 23.3. The molecule has 2 aromatic carbocycles. The molecule has 3 aliphatic heterocycles. The maximum atomic E-state index is 13.0. The summed E-state index contributed by atoms with van der Waals surface area (Å²) in [7, 11) is 6.48. The normalized spacial score (nSPS) is 20.4. The first-order chi connectivity index (χ1) is 16.0. The van der Waals surface area contributed by atoms with E-state index >= 15 is 0 Å². The minimum absolute atomic E-state index is 0.0126. The number of benzene rings is 2. The van der Waals surface area contributed by atoms with Gasteiger partial charge in [0.1, 0.15) is 11.7 Å². The molecule has 2 atom stereocenters. The average molecular weight is 454 g/mol. The third-order valence-corrected chi connectivity index (χ3v) is 6.33. The van der Waals surface area contributed by atoms with Crippen LogP contribution in [0.1, 0.15) is 39.2 Å². The molecule has 0 amide bonds. The molecule has 0 N–H and O–H groups in total. The van der Waals surface area contributed by atoms with Crippen molar-refractivity contribution in [2.75, 3.05) is 41.7 Å². The number of rotatable bonds is 5. The van der Waals surface area contributed by atoms with Crippen molar-refractivity contribution in [1.82, 2.24) is 4.90 Å². The molecule has 0 bridgehead atoms. The van der Waals surface area contributed by atoms with Crippen LogP contribution in [0.3, 0.4) is 0 Å². The second-order valence-electron chi connectivity index (χ2n) is 7.79. The molecule has 2 aromatic rings. The Morgan fingerprint density at radius 3 is 2.58 bits per heavy atom. The summed E-state index contributed by atoms with van der Waals surface area (Å²) in [6.45, 7) is 0.617. The number of azide groups is 1. The van der Waals surface area contributed by atoms with Gasteiger partial charge >= 0.3 is 5.97 Å². The van der Waals surface area contributed by atoms with Crippen molar-refractivity contribution in [3.63, 3.8) is 0 Å². The van der Waals surface area contributed by atoms with Crippen molar-refractivity contribution >= 4 is 11.7 Å². The lowest BCUT2D eigenvalue weighted by Gasteiger charge is -2.39. The SMILES string of the molecule is COc1ccc2c(c1OC)C(=O)O[C@@H]2C1c2c(c(N=[N+]=[N-])c3c(c2OC)OCO3)CCN1C. The van der Waals surface area contributed by atoms with Crippen LogP contribution in [0.15, 0.2) is 17.2 Å². The number of fused-ring (bicyclic) bond motifs is 3. The zero-order valence-electron chi connectivity index (χ0n) is 18.6. The van der Waals surface area contributed by atoms with Gasteiger partial charge in [0, 0.05) is 22.6 Å². The van der Waals surface area contributed by atoms with Crippen LogP contribution in [-0.4, -0.2) is 52.6 Å². The second-order valence-corrected chi connectivity index (χ2v) is 7.79. The van der Waals surface area contributed by atoms with Gasteiger partial charge in [0.25, 0.3) is 0 Å². The Bertz CT molecular complexity index is 1210. The Labute approximate surface area is 189 Å². The number of ether oxygens (including phenoxy) is 6. The van der Waals surface area contributed by atoms with Crippen molar-refractivity contribution in [3.8, 4) is 28.7 Å². The number of hydrogen-bond acceptors (Lipinski definition) is 9. The summed E-state index contributed by atoms with van der Waals surface area (Å²) < 4.78 is 33.8. The number of esters is 1.